The highest BCUT2D eigenvalue weighted by atomic mass is 16.6. The predicted octanol–water partition coefficient (Wildman–Crippen LogP) is 3.14. The van der Waals surface area contributed by atoms with Crippen molar-refractivity contribution in [3.05, 3.63) is 47.3 Å². The Morgan fingerprint density at radius 2 is 1.96 bits per heavy atom. The van der Waals surface area contributed by atoms with E-state index in [2.05, 4.69) is 15.6 Å². The van der Waals surface area contributed by atoms with Gasteiger partial charge in [-0.15, -0.1) is 0 Å². The SMILES string of the molecule is CC1=C(C(=O)OC(C)(C)C)C(c2ccc3[nH]ccc3c2)NC(=O)N1. The number of hydrogen-bond acceptors (Lipinski definition) is 3. The molecule has 3 rings (SSSR count). The quantitative estimate of drug-likeness (QED) is 0.741. The number of benzene rings is 1. The van der Waals surface area contributed by atoms with E-state index in [0.717, 1.165) is 16.5 Å². The molecular formula is C18H21N3O3. The molecule has 2 amide bonds. The molecule has 0 saturated carbocycles. The van der Waals surface area contributed by atoms with Gasteiger partial charge in [0.1, 0.15) is 5.60 Å². The molecule has 1 aromatic carbocycles. The molecule has 1 aromatic heterocycles. The van der Waals surface area contributed by atoms with Gasteiger partial charge in [0.15, 0.2) is 0 Å². The van der Waals surface area contributed by atoms with Gasteiger partial charge in [-0.25, -0.2) is 9.59 Å². The molecule has 2 heterocycles. The van der Waals surface area contributed by atoms with Gasteiger partial charge in [-0.2, -0.15) is 0 Å². The molecule has 1 aliphatic rings. The van der Waals surface area contributed by atoms with Gasteiger partial charge in [0, 0.05) is 17.4 Å². The topological polar surface area (TPSA) is 83.2 Å². The smallest absolute Gasteiger partial charge is 0.338 e. The first-order valence-corrected chi connectivity index (χ1v) is 7.83. The normalized spacial score (nSPS) is 18.3. The fourth-order valence-electron chi connectivity index (χ4n) is 2.80. The maximum atomic E-state index is 12.7. The molecule has 0 saturated heterocycles. The van der Waals surface area contributed by atoms with Crippen LogP contribution >= 0.6 is 0 Å². The summed E-state index contributed by atoms with van der Waals surface area (Å²) in [6.45, 7) is 7.16. The highest BCUT2D eigenvalue weighted by Gasteiger charge is 2.34. The van der Waals surface area contributed by atoms with Crippen LogP contribution in [-0.2, 0) is 9.53 Å². The van der Waals surface area contributed by atoms with Crippen LogP contribution < -0.4 is 10.6 Å². The second kappa shape index (κ2) is 5.70. The van der Waals surface area contributed by atoms with Crippen molar-refractivity contribution in [3.8, 4) is 0 Å². The van der Waals surface area contributed by atoms with E-state index in [9.17, 15) is 9.59 Å². The molecular weight excluding hydrogens is 306 g/mol. The summed E-state index contributed by atoms with van der Waals surface area (Å²) >= 11 is 0. The zero-order chi connectivity index (χ0) is 17.5. The summed E-state index contributed by atoms with van der Waals surface area (Å²) in [5.41, 5.74) is 2.14. The van der Waals surface area contributed by atoms with E-state index in [4.69, 9.17) is 4.74 Å². The number of amides is 2. The predicted molar refractivity (Wildman–Crippen MR) is 91.3 cm³/mol. The molecule has 3 N–H and O–H groups in total. The minimum absolute atomic E-state index is 0.334. The third kappa shape index (κ3) is 3.13. The number of urea groups is 1. The Labute approximate surface area is 140 Å². The van der Waals surface area contributed by atoms with Gasteiger partial charge < -0.3 is 20.4 Å². The van der Waals surface area contributed by atoms with Crippen molar-refractivity contribution in [2.75, 3.05) is 0 Å². The molecule has 6 nitrogen and oxygen atoms in total. The van der Waals surface area contributed by atoms with Gasteiger partial charge >= 0.3 is 12.0 Å². The van der Waals surface area contributed by atoms with Gasteiger partial charge in [0.05, 0.1) is 11.6 Å². The van der Waals surface area contributed by atoms with E-state index in [1.807, 2.05) is 51.2 Å². The Hall–Kier alpha value is -2.76. The summed E-state index contributed by atoms with van der Waals surface area (Å²) in [5.74, 6) is -0.438. The van der Waals surface area contributed by atoms with E-state index in [1.165, 1.54) is 0 Å². The van der Waals surface area contributed by atoms with Gasteiger partial charge in [-0.1, -0.05) is 6.07 Å². The number of carbonyl (C=O) groups is 2. The largest absolute Gasteiger partial charge is 0.456 e. The number of allylic oxidation sites excluding steroid dienone is 1. The number of aromatic nitrogens is 1. The molecule has 1 unspecified atom stereocenters. The third-order valence-corrected chi connectivity index (χ3v) is 3.80. The van der Waals surface area contributed by atoms with E-state index in [0.29, 0.717) is 11.3 Å². The summed E-state index contributed by atoms with van der Waals surface area (Å²) in [4.78, 5) is 27.7. The molecule has 0 radical (unpaired) electrons. The number of aromatic amines is 1. The van der Waals surface area contributed by atoms with Gasteiger partial charge in [-0.3, -0.25) is 0 Å². The zero-order valence-electron chi connectivity index (χ0n) is 14.2. The lowest BCUT2D eigenvalue weighted by Gasteiger charge is -2.30. The highest BCUT2D eigenvalue weighted by molar-refractivity contribution is 5.95. The molecule has 24 heavy (non-hydrogen) atoms. The van der Waals surface area contributed by atoms with Crippen LogP contribution in [0.3, 0.4) is 0 Å². The molecule has 1 atom stereocenters. The molecule has 0 aliphatic carbocycles. The number of ether oxygens (including phenoxy) is 1. The first kappa shape index (κ1) is 16.1. The molecule has 0 bridgehead atoms. The summed E-state index contributed by atoms with van der Waals surface area (Å²) in [6.07, 6.45) is 1.85. The fourth-order valence-corrected chi connectivity index (χ4v) is 2.80. The van der Waals surface area contributed by atoms with E-state index < -0.39 is 17.6 Å². The molecule has 6 heteroatoms. The summed E-state index contributed by atoms with van der Waals surface area (Å²) in [6, 6.07) is 6.85. The number of H-pyrrole nitrogens is 1. The zero-order valence-corrected chi connectivity index (χ0v) is 14.2. The van der Waals surface area contributed by atoms with Gasteiger partial charge in [0.2, 0.25) is 0 Å². The standard InChI is InChI=1S/C18H21N3O3/c1-10-14(16(22)24-18(2,3)4)15(21-17(23)20-10)12-5-6-13-11(9-12)7-8-19-13/h5-9,15,19H,1-4H3,(H2,20,21,23). The van der Waals surface area contributed by atoms with Gasteiger partial charge in [0.25, 0.3) is 0 Å². The Balaban J connectivity index is 2.03. The second-order valence-electron chi connectivity index (χ2n) is 6.90. The van der Waals surface area contributed by atoms with Crippen molar-refractivity contribution >= 4 is 22.9 Å². The van der Waals surface area contributed by atoms with Crippen LogP contribution in [0.1, 0.15) is 39.3 Å². The van der Waals surface area contributed by atoms with Crippen LogP contribution in [-0.4, -0.2) is 22.6 Å². The van der Waals surface area contributed by atoms with Crippen molar-refractivity contribution in [3.63, 3.8) is 0 Å². The molecule has 0 fully saturated rings. The lowest BCUT2D eigenvalue weighted by Crippen LogP contribution is -2.46. The monoisotopic (exact) mass is 327 g/mol. The minimum Gasteiger partial charge on any atom is -0.456 e. The van der Waals surface area contributed by atoms with Crippen LogP contribution in [0.5, 0.6) is 0 Å². The Morgan fingerprint density at radius 1 is 1.21 bits per heavy atom. The van der Waals surface area contributed by atoms with Crippen molar-refractivity contribution < 1.29 is 14.3 Å². The maximum absolute atomic E-state index is 12.7. The van der Waals surface area contributed by atoms with Crippen LogP contribution in [0.2, 0.25) is 0 Å². The summed E-state index contributed by atoms with van der Waals surface area (Å²) in [5, 5.41) is 6.48. The number of rotatable bonds is 2. The number of esters is 1. The van der Waals surface area contributed by atoms with Crippen LogP contribution in [0.25, 0.3) is 10.9 Å². The first-order chi connectivity index (χ1) is 11.2. The maximum Gasteiger partial charge on any atom is 0.338 e. The second-order valence-corrected chi connectivity index (χ2v) is 6.90. The fraction of sp³-hybridized carbons (Fsp3) is 0.333. The van der Waals surface area contributed by atoms with Crippen molar-refractivity contribution in [1.29, 1.82) is 0 Å². The number of fused-ring (bicyclic) bond motifs is 1. The van der Waals surface area contributed by atoms with E-state index >= 15 is 0 Å². The van der Waals surface area contributed by atoms with E-state index in [1.54, 1.807) is 6.92 Å². The number of carbonyl (C=O) groups excluding carboxylic acids is 2. The van der Waals surface area contributed by atoms with Crippen molar-refractivity contribution in [1.82, 2.24) is 15.6 Å². The van der Waals surface area contributed by atoms with E-state index in [-0.39, 0.29) is 6.03 Å². The lowest BCUT2D eigenvalue weighted by atomic mass is 9.94. The molecule has 2 aromatic rings. The molecule has 1 aliphatic heterocycles. The molecule has 0 spiro atoms. The van der Waals surface area contributed by atoms with Crippen LogP contribution in [0.4, 0.5) is 4.79 Å². The van der Waals surface area contributed by atoms with Gasteiger partial charge in [-0.05, 0) is 56.8 Å². The molecule has 126 valence electrons. The highest BCUT2D eigenvalue weighted by Crippen LogP contribution is 2.30. The van der Waals surface area contributed by atoms with Crippen LogP contribution in [0, 0.1) is 0 Å². The average molecular weight is 327 g/mol. The van der Waals surface area contributed by atoms with Crippen molar-refractivity contribution in [2.24, 2.45) is 0 Å². The average Bonchev–Trinajstić information content (AvgIpc) is 2.91. The number of hydrogen-bond donors (Lipinski definition) is 3. The van der Waals surface area contributed by atoms with Crippen molar-refractivity contribution in [2.45, 2.75) is 39.3 Å². The Bertz CT molecular complexity index is 843. The first-order valence-electron chi connectivity index (χ1n) is 7.83. The summed E-state index contributed by atoms with van der Waals surface area (Å²) < 4.78 is 5.51. The van der Waals surface area contributed by atoms with Crippen LogP contribution in [0.15, 0.2) is 41.7 Å². The summed E-state index contributed by atoms with van der Waals surface area (Å²) in [7, 11) is 0. The Kier molecular flexibility index (Phi) is 3.83. The Morgan fingerprint density at radius 3 is 2.67 bits per heavy atom. The lowest BCUT2D eigenvalue weighted by molar-refractivity contribution is -0.150. The minimum atomic E-state index is -0.610. The third-order valence-electron chi connectivity index (χ3n) is 3.80. The number of nitrogens with one attached hydrogen (secondary N) is 3.